The number of nitrogens with one attached hydrogen (secondary N) is 2. The molecule has 1 atom stereocenters. The Labute approximate surface area is 63.4 Å². The first kappa shape index (κ1) is 8.02. The van der Waals surface area contributed by atoms with Crippen molar-refractivity contribution in [2.75, 3.05) is 19.6 Å². The molecular formula is C8H18N2. The summed E-state index contributed by atoms with van der Waals surface area (Å²) in [4.78, 5) is 0. The Morgan fingerprint density at radius 3 is 3.10 bits per heavy atom. The summed E-state index contributed by atoms with van der Waals surface area (Å²) in [5.41, 5.74) is 0. The van der Waals surface area contributed by atoms with Crippen LogP contribution >= 0.6 is 0 Å². The summed E-state index contributed by atoms with van der Waals surface area (Å²) in [5.74, 6) is 0. The Kier molecular flexibility index (Phi) is 3.76. The van der Waals surface area contributed by atoms with Crippen LogP contribution in [0.4, 0.5) is 0 Å². The van der Waals surface area contributed by atoms with Crippen molar-refractivity contribution in [2.24, 2.45) is 0 Å². The fraction of sp³-hybridized carbons (Fsp3) is 1.00. The first-order chi connectivity index (χ1) is 4.93. The molecule has 0 amide bonds. The van der Waals surface area contributed by atoms with Gasteiger partial charge in [0.25, 0.3) is 0 Å². The summed E-state index contributed by atoms with van der Waals surface area (Å²) in [6.45, 7) is 5.75. The van der Waals surface area contributed by atoms with Crippen LogP contribution in [0.25, 0.3) is 0 Å². The molecule has 0 aliphatic carbocycles. The molecule has 1 fully saturated rings. The minimum absolute atomic E-state index is 0.756. The molecule has 0 radical (unpaired) electrons. The number of hydrogen-bond acceptors (Lipinski definition) is 2. The quantitative estimate of drug-likeness (QED) is 0.566. The molecule has 0 aromatic rings. The lowest BCUT2D eigenvalue weighted by atomic mass is 10.2. The average Bonchev–Trinajstić information content (AvgIpc) is 2.41. The Bertz CT molecular complexity index is 77.3. The second-order valence-corrected chi connectivity index (χ2v) is 3.00. The molecule has 1 saturated heterocycles. The molecule has 1 aliphatic heterocycles. The van der Waals surface area contributed by atoms with Crippen molar-refractivity contribution in [1.29, 1.82) is 0 Å². The fourth-order valence-corrected chi connectivity index (χ4v) is 1.38. The van der Waals surface area contributed by atoms with E-state index in [0.717, 1.165) is 19.1 Å². The van der Waals surface area contributed by atoms with E-state index in [0.29, 0.717) is 0 Å². The summed E-state index contributed by atoms with van der Waals surface area (Å²) >= 11 is 0. The standard InChI is InChI=1S/C8H18N2/c1-2-5-9-7-8-4-3-6-10-8/h8-10H,2-7H2,1H3/t8-/m0/s1. The van der Waals surface area contributed by atoms with Crippen LogP contribution in [0.15, 0.2) is 0 Å². The molecule has 1 aliphatic rings. The highest BCUT2D eigenvalue weighted by atomic mass is 15.0. The molecule has 2 nitrogen and oxygen atoms in total. The van der Waals surface area contributed by atoms with Gasteiger partial charge in [0.2, 0.25) is 0 Å². The number of hydrogen-bond donors (Lipinski definition) is 2. The minimum Gasteiger partial charge on any atom is -0.315 e. The Morgan fingerprint density at radius 2 is 2.50 bits per heavy atom. The molecule has 1 rings (SSSR count). The second-order valence-electron chi connectivity index (χ2n) is 3.00. The molecule has 0 saturated carbocycles. The van der Waals surface area contributed by atoms with Crippen LogP contribution in [-0.4, -0.2) is 25.7 Å². The fourth-order valence-electron chi connectivity index (χ4n) is 1.38. The molecule has 0 aromatic carbocycles. The van der Waals surface area contributed by atoms with Gasteiger partial charge in [0.1, 0.15) is 0 Å². The third-order valence-electron chi connectivity index (χ3n) is 1.98. The van der Waals surface area contributed by atoms with E-state index in [4.69, 9.17) is 0 Å². The first-order valence-electron chi connectivity index (χ1n) is 4.37. The van der Waals surface area contributed by atoms with E-state index in [-0.39, 0.29) is 0 Å². The SMILES string of the molecule is CCCNC[C@@H]1CCCN1. The van der Waals surface area contributed by atoms with Crippen LogP contribution in [0.3, 0.4) is 0 Å². The van der Waals surface area contributed by atoms with Crippen LogP contribution in [0.2, 0.25) is 0 Å². The molecule has 0 spiro atoms. The van der Waals surface area contributed by atoms with E-state index >= 15 is 0 Å². The van der Waals surface area contributed by atoms with Crippen LogP contribution in [-0.2, 0) is 0 Å². The average molecular weight is 142 g/mol. The van der Waals surface area contributed by atoms with Gasteiger partial charge < -0.3 is 10.6 Å². The highest BCUT2D eigenvalue weighted by molar-refractivity contribution is 4.75. The maximum Gasteiger partial charge on any atom is 0.0192 e. The molecule has 0 bridgehead atoms. The van der Waals surface area contributed by atoms with Gasteiger partial charge >= 0.3 is 0 Å². The lowest BCUT2D eigenvalue weighted by molar-refractivity contribution is 0.535. The van der Waals surface area contributed by atoms with Crippen molar-refractivity contribution in [3.63, 3.8) is 0 Å². The zero-order valence-corrected chi connectivity index (χ0v) is 6.82. The normalized spacial score (nSPS) is 25.5. The van der Waals surface area contributed by atoms with Gasteiger partial charge in [-0.05, 0) is 32.4 Å². The van der Waals surface area contributed by atoms with Gasteiger partial charge in [0.05, 0.1) is 0 Å². The van der Waals surface area contributed by atoms with Crippen LogP contribution < -0.4 is 10.6 Å². The van der Waals surface area contributed by atoms with Gasteiger partial charge in [-0.3, -0.25) is 0 Å². The van der Waals surface area contributed by atoms with E-state index in [1.165, 1.54) is 25.8 Å². The van der Waals surface area contributed by atoms with Crippen LogP contribution in [0.5, 0.6) is 0 Å². The van der Waals surface area contributed by atoms with Crippen molar-refractivity contribution < 1.29 is 0 Å². The van der Waals surface area contributed by atoms with Gasteiger partial charge in [0.15, 0.2) is 0 Å². The van der Waals surface area contributed by atoms with Gasteiger partial charge in [0, 0.05) is 12.6 Å². The van der Waals surface area contributed by atoms with Gasteiger partial charge in [-0.25, -0.2) is 0 Å². The van der Waals surface area contributed by atoms with Crippen molar-refractivity contribution in [2.45, 2.75) is 32.2 Å². The molecular weight excluding hydrogens is 124 g/mol. The third-order valence-corrected chi connectivity index (χ3v) is 1.98. The Morgan fingerprint density at radius 1 is 1.60 bits per heavy atom. The van der Waals surface area contributed by atoms with Crippen molar-refractivity contribution in [3.05, 3.63) is 0 Å². The predicted molar refractivity (Wildman–Crippen MR) is 44.2 cm³/mol. The lowest BCUT2D eigenvalue weighted by Gasteiger charge is -2.09. The van der Waals surface area contributed by atoms with E-state index in [9.17, 15) is 0 Å². The Hall–Kier alpha value is -0.0800. The van der Waals surface area contributed by atoms with E-state index in [2.05, 4.69) is 17.6 Å². The predicted octanol–water partition coefficient (Wildman–Crippen LogP) is 0.738. The molecule has 60 valence electrons. The molecule has 0 aromatic heterocycles. The van der Waals surface area contributed by atoms with Crippen molar-refractivity contribution in [3.8, 4) is 0 Å². The van der Waals surface area contributed by atoms with Crippen LogP contribution in [0.1, 0.15) is 26.2 Å². The van der Waals surface area contributed by atoms with Crippen molar-refractivity contribution in [1.82, 2.24) is 10.6 Å². The molecule has 1 heterocycles. The highest BCUT2D eigenvalue weighted by Gasteiger charge is 2.11. The first-order valence-corrected chi connectivity index (χ1v) is 4.37. The summed E-state index contributed by atoms with van der Waals surface area (Å²) in [6, 6.07) is 0.756. The van der Waals surface area contributed by atoms with Gasteiger partial charge in [-0.1, -0.05) is 6.92 Å². The van der Waals surface area contributed by atoms with Gasteiger partial charge in [-0.15, -0.1) is 0 Å². The van der Waals surface area contributed by atoms with E-state index < -0.39 is 0 Å². The maximum atomic E-state index is 3.45. The highest BCUT2D eigenvalue weighted by Crippen LogP contribution is 2.02. The molecule has 10 heavy (non-hydrogen) atoms. The van der Waals surface area contributed by atoms with Crippen LogP contribution in [0, 0.1) is 0 Å². The molecule has 2 N–H and O–H groups in total. The largest absolute Gasteiger partial charge is 0.315 e. The second kappa shape index (κ2) is 4.69. The van der Waals surface area contributed by atoms with E-state index in [1.807, 2.05) is 0 Å². The minimum atomic E-state index is 0.756. The summed E-state index contributed by atoms with van der Waals surface area (Å²) in [7, 11) is 0. The zero-order chi connectivity index (χ0) is 7.23. The summed E-state index contributed by atoms with van der Waals surface area (Å²) in [6.07, 6.45) is 3.96. The lowest BCUT2D eigenvalue weighted by Crippen LogP contribution is -2.34. The summed E-state index contributed by atoms with van der Waals surface area (Å²) in [5, 5.41) is 6.87. The zero-order valence-electron chi connectivity index (χ0n) is 6.82. The van der Waals surface area contributed by atoms with E-state index in [1.54, 1.807) is 0 Å². The topological polar surface area (TPSA) is 24.1 Å². The monoisotopic (exact) mass is 142 g/mol. The maximum absolute atomic E-state index is 3.45. The number of rotatable bonds is 4. The molecule has 2 heteroatoms. The Balaban J connectivity index is 1.91. The summed E-state index contributed by atoms with van der Waals surface area (Å²) < 4.78 is 0. The van der Waals surface area contributed by atoms with Gasteiger partial charge in [-0.2, -0.15) is 0 Å². The van der Waals surface area contributed by atoms with Crippen molar-refractivity contribution >= 4 is 0 Å². The third kappa shape index (κ3) is 2.67. The smallest absolute Gasteiger partial charge is 0.0192 e. The molecule has 0 unspecified atom stereocenters.